The van der Waals surface area contributed by atoms with E-state index < -0.39 is 17.8 Å². The Kier molecular flexibility index (Phi) is 4.17. The van der Waals surface area contributed by atoms with E-state index in [-0.39, 0.29) is 21.3 Å². The Morgan fingerprint density at radius 2 is 1.83 bits per heavy atom. The van der Waals surface area contributed by atoms with Crippen LogP contribution in [0.1, 0.15) is 5.69 Å². The number of carbonyl (C=O) groups is 3. The fourth-order valence-corrected chi connectivity index (χ4v) is 2.69. The van der Waals surface area contributed by atoms with Crippen LogP contribution in [0, 0.1) is 0 Å². The van der Waals surface area contributed by atoms with E-state index >= 15 is 0 Å². The second-order valence-electron chi connectivity index (χ2n) is 5.07. The van der Waals surface area contributed by atoms with Crippen LogP contribution in [0.4, 0.5) is 10.5 Å². The Bertz CT molecular complexity index is 902. The molecule has 1 N–H and O–H groups in total. The molecule has 1 aliphatic rings. The van der Waals surface area contributed by atoms with Gasteiger partial charge in [0.1, 0.15) is 5.57 Å². The molecule has 122 valence electrons. The second-order valence-corrected chi connectivity index (χ2v) is 5.86. The van der Waals surface area contributed by atoms with Gasteiger partial charge in [-0.1, -0.05) is 29.3 Å². The smallest absolute Gasteiger partial charge is 0.336 e. The number of amides is 4. The van der Waals surface area contributed by atoms with E-state index in [2.05, 4.69) is 5.32 Å². The number of benzene rings is 1. The summed E-state index contributed by atoms with van der Waals surface area (Å²) in [5.41, 5.74) is 0.573. The third-order valence-electron chi connectivity index (χ3n) is 3.55. The molecule has 0 bridgehead atoms. The summed E-state index contributed by atoms with van der Waals surface area (Å²) < 4.78 is 1.74. The standard InChI is InChI=1S/C16H11Cl2N3O3/c1-20-7-3-4-9(20)8-10-14(22)19-16(24)21(15(10)23)12-6-2-5-11(17)13(12)18/h2-8H,1H3,(H,19,22,24). The van der Waals surface area contributed by atoms with Crippen molar-refractivity contribution in [2.45, 2.75) is 0 Å². The van der Waals surface area contributed by atoms with E-state index in [0.29, 0.717) is 5.69 Å². The summed E-state index contributed by atoms with van der Waals surface area (Å²) >= 11 is 12.0. The number of hydrogen-bond donors (Lipinski definition) is 1. The van der Waals surface area contributed by atoms with Crippen molar-refractivity contribution in [3.63, 3.8) is 0 Å². The zero-order valence-corrected chi connectivity index (χ0v) is 13.9. The number of imide groups is 2. The normalized spacial score (nSPS) is 16.7. The predicted octanol–water partition coefficient (Wildman–Crippen LogP) is 3.00. The van der Waals surface area contributed by atoms with Crippen LogP contribution in [0.5, 0.6) is 0 Å². The molecule has 2 heterocycles. The molecule has 0 spiro atoms. The Balaban J connectivity index is 2.09. The molecule has 1 aromatic carbocycles. The average molecular weight is 364 g/mol. The van der Waals surface area contributed by atoms with Crippen molar-refractivity contribution in [1.29, 1.82) is 0 Å². The van der Waals surface area contributed by atoms with Gasteiger partial charge in [-0.25, -0.2) is 9.69 Å². The van der Waals surface area contributed by atoms with Crippen LogP contribution in [0.15, 0.2) is 42.1 Å². The third kappa shape index (κ3) is 2.70. The first-order chi connectivity index (χ1) is 11.4. The summed E-state index contributed by atoms with van der Waals surface area (Å²) in [4.78, 5) is 37.7. The van der Waals surface area contributed by atoms with Gasteiger partial charge in [0.15, 0.2) is 0 Å². The first kappa shape index (κ1) is 16.3. The highest BCUT2D eigenvalue weighted by molar-refractivity contribution is 6.46. The molecule has 1 aromatic heterocycles. The maximum absolute atomic E-state index is 12.7. The number of halogens is 2. The molecule has 3 rings (SSSR count). The maximum Gasteiger partial charge on any atom is 0.336 e. The molecule has 0 radical (unpaired) electrons. The highest BCUT2D eigenvalue weighted by Gasteiger charge is 2.38. The number of carbonyl (C=O) groups excluding carboxylic acids is 3. The number of nitrogens with one attached hydrogen (secondary N) is 1. The van der Waals surface area contributed by atoms with Crippen molar-refractivity contribution in [2.24, 2.45) is 7.05 Å². The lowest BCUT2D eigenvalue weighted by molar-refractivity contribution is -0.122. The minimum Gasteiger partial charge on any atom is -0.351 e. The zero-order chi connectivity index (χ0) is 17.4. The van der Waals surface area contributed by atoms with Crippen molar-refractivity contribution >= 4 is 52.8 Å². The number of nitrogens with zero attached hydrogens (tertiary/aromatic N) is 2. The molecule has 0 unspecified atom stereocenters. The van der Waals surface area contributed by atoms with Gasteiger partial charge in [-0.15, -0.1) is 0 Å². The lowest BCUT2D eigenvalue weighted by Gasteiger charge is -2.27. The second kappa shape index (κ2) is 6.14. The molecule has 6 nitrogen and oxygen atoms in total. The molecule has 0 atom stereocenters. The number of rotatable bonds is 2. The summed E-state index contributed by atoms with van der Waals surface area (Å²) in [7, 11) is 1.77. The molecule has 1 saturated heterocycles. The first-order valence-corrected chi connectivity index (χ1v) is 7.62. The summed E-state index contributed by atoms with van der Waals surface area (Å²) in [6, 6.07) is 7.20. The molecule has 24 heavy (non-hydrogen) atoms. The van der Waals surface area contributed by atoms with E-state index in [4.69, 9.17) is 23.2 Å². The van der Waals surface area contributed by atoms with Crippen LogP contribution in [0.25, 0.3) is 6.08 Å². The van der Waals surface area contributed by atoms with Gasteiger partial charge >= 0.3 is 6.03 Å². The van der Waals surface area contributed by atoms with Gasteiger partial charge in [0.2, 0.25) is 0 Å². The fourth-order valence-electron chi connectivity index (χ4n) is 2.31. The molecule has 2 aromatic rings. The van der Waals surface area contributed by atoms with Crippen LogP contribution in [-0.2, 0) is 16.6 Å². The van der Waals surface area contributed by atoms with Crippen molar-refractivity contribution in [1.82, 2.24) is 9.88 Å². The average Bonchev–Trinajstić information content (AvgIpc) is 2.93. The Labute approximate surface area is 147 Å². The molecule has 8 heteroatoms. The summed E-state index contributed by atoms with van der Waals surface area (Å²) in [6.07, 6.45) is 3.18. The molecule has 4 amide bonds. The minimum absolute atomic E-state index is 0.0511. The minimum atomic E-state index is -0.877. The van der Waals surface area contributed by atoms with Gasteiger partial charge < -0.3 is 4.57 Å². The third-order valence-corrected chi connectivity index (χ3v) is 4.36. The van der Waals surface area contributed by atoms with Gasteiger partial charge in [0.25, 0.3) is 11.8 Å². The Morgan fingerprint density at radius 1 is 1.08 bits per heavy atom. The summed E-state index contributed by atoms with van der Waals surface area (Å²) in [5.74, 6) is -1.53. The first-order valence-electron chi connectivity index (χ1n) is 6.87. The Hall–Kier alpha value is -2.57. The summed E-state index contributed by atoms with van der Waals surface area (Å²) in [5, 5.41) is 2.38. The predicted molar refractivity (Wildman–Crippen MR) is 90.9 cm³/mol. The Morgan fingerprint density at radius 3 is 2.50 bits per heavy atom. The number of aryl methyl sites for hydroxylation is 1. The lowest BCUT2D eigenvalue weighted by atomic mass is 10.1. The maximum atomic E-state index is 12.7. The van der Waals surface area contributed by atoms with Gasteiger partial charge in [-0.3, -0.25) is 14.9 Å². The van der Waals surface area contributed by atoms with E-state index in [1.165, 1.54) is 18.2 Å². The highest BCUT2D eigenvalue weighted by Crippen LogP contribution is 2.34. The summed E-state index contributed by atoms with van der Waals surface area (Å²) in [6.45, 7) is 0. The number of aromatic nitrogens is 1. The van der Waals surface area contributed by atoms with Crippen LogP contribution in [0.2, 0.25) is 10.0 Å². The molecular weight excluding hydrogens is 353 g/mol. The van der Waals surface area contributed by atoms with Gasteiger partial charge in [-0.2, -0.15) is 0 Å². The number of anilines is 1. The number of urea groups is 1. The molecule has 1 fully saturated rings. The van der Waals surface area contributed by atoms with Gasteiger partial charge in [0.05, 0.1) is 15.7 Å². The highest BCUT2D eigenvalue weighted by atomic mass is 35.5. The van der Waals surface area contributed by atoms with E-state index in [1.807, 2.05) is 0 Å². The van der Waals surface area contributed by atoms with Crippen LogP contribution in [-0.4, -0.2) is 22.4 Å². The van der Waals surface area contributed by atoms with Crippen molar-refractivity contribution in [3.8, 4) is 0 Å². The van der Waals surface area contributed by atoms with Gasteiger partial charge in [-0.05, 0) is 30.3 Å². The van der Waals surface area contributed by atoms with E-state index in [1.54, 1.807) is 36.0 Å². The van der Waals surface area contributed by atoms with Crippen LogP contribution in [0.3, 0.4) is 0 Å². The monoisotopic (exact) mass is 363 g/mol. The molecule has 0 saturated carbocycles. The quantitative estimate of drug-likeness (QED) is 0.658. The van der Waals surface area contributed by atoms with E-state index in [9.17, 15) is 14.4 Å². The van der Waals surface area contributed by atoms with Gasteiger partial charge in [0, 0.05) is 18.9 Å². The van der Waals surface area contributed by atoms with Crippen molar-refractivity contribution in [3.05, 3.63) is 57.8 Å². The number of barbiturate groups is 1. The van der Waals surface area contributed by atoms with Crippen LogP contribution >= 0.6 is 23.2 Å². The molecule has 0 aliphatic carbocycles. The fraction of sp³-hybridized carbons (Fsp3) is 0.0625. The topological polar surface area (TPSA) is 71.4 Å². The lowest BCUT2D eigenvalue weighted by Crippen LogP contribution is -2.54. The zero-order valence-electron chi connectivity index (χ0n) is 12.4. The molecule has 1 aliphatic heterocycles. The SMILES string of the molecule is Cn1cccc1C=C1C(=O)NC(=O)N(c2cccc(Cl)c2Cl)C1=O. The van der Waals surface area contributed by atoms with E-state index in [0.717, 1.165) is 4.90 Å². The van der Waals surface area contributed by atoms with Crippen molar-refractivity contribution in [2.75, 3.05) is 4.90 Å². The van der Waals surface area contributed by atoms with Crippen LogP contribution < -0.4 is 10.2 Å². The van der Waals surface area contributed by atoms with Crippen molar-refractivity contribution < 1.29 is 14.4 Å². The largest absolute Gasteiger partial charge is 0.351 e. The number of hydrogen-bond acceptors (Lipinski definition) is 3. The molecular formula is C16H11Cl2N3O3.